The number of nitrogens with zero attached hydrogens (tertiary/aromatic N) is 2. The number of hydrogen-bond donors (Lipinski definition) is 1. The molecule has 1 aromatic carbocycles. The minimum absolute atomic E-state index is 0.240. The smallest absolute Gasteiger partial charge is 0.245 e. The number of nitrogens with two attached hydrogens (primary N) is 1. The normalized spacial score (nSPS) is 21.6. The molecule has 0 radical (unpaired) electrons. The van der Waals surface area contributed by atoms with Crippen molar-refractivity contribution in [2.24, 2.45) is 5.92 Å². The summed E-state index contributed by atoms with van der Waals surface area (Å²) in [4.78, 5) is 2.62. The lowest BCUT2D eigenvalue weighted by Crippen LogP contribution is -2.49. The summed E-state index contributed by atoms with van der Waals surface area (Å²) in [7, 11) is -3.46. The van der Waals surface area contributed by atoms with Crippen LogP contribution in [0.1, 0.15) is 18.4 Å². The third kappa shape index (κ3) is 3.22. The van der Waals surface area contributed by atoms with Gasteiger partial charge in [-0.2, -0.15) is 4.31 Å². The molecule has 0 aromatic heterocycles. The van der Waals surface area contributed by atoms with E-state index in [4.69, 9.17) is 5.73 Å². The minimum Gasteiger partial charge on any atom is -0.398 e. The molecule has 116 valence electrons. The summed E-state index contributed by atoms with van der Waals surface area (Å²) in [6, 6.07) is 5.14. The van der Waals surface area contributed by atoms with Crippen LogP contribution in [0.2, 0.25) is 0 Å². The zero-order valence-corrected chi connectivity index (χ0v) is 13.3. The van der Waals surface area contributed by atoms with E-state index in [0.717, 1.165) is 31.1 Å². The second-order valence-corrected chi connectivity index (χ2v) is 8.10. The van der Waals surface area contributed by atoms with Gasteiger partial charge in [0.2, 0.25) is 10.0 Å². The Morgan fingerprint density at radius 3 is 2.43 bits per heavy atom. The van der Waals surface area contributed by atoms with Gasteiger partial charge in [0, 0.05) is 32.7 Å². The fraction of sp³-hybridized carbons (Fsp3) is 0.600. The Hall–Kier alpha value is -1.11. The molecule has 2 fully saturated rings. The fourth-order valence-electron chi connectivity index (χ4n) is 2.86. The van der Waals surface area contributed by atoms with Crippen LogP contribution >= 0.6 is 0 Å². The van der Waals surface area contributed by atoms with Crippen LogP contribution in [0.3, 0.4) is 0 Å². The lowest BCUT2D eigenvalue weighted by atomic mass is 10.2. The van der Waals surface area contributed by atoms with Crippen molar-refractivity contribution < 1.29 is 8.42 Å². The van der Waals surface area contributed by atoms with Crippen molar-refractivity contribution in [3.63, 3.8) is 0 Å². The number of rotatable bonds is 4. The van der Waals surface area contributed by atoms with Crippen molar-refractivity contribution in [3.8, 4) is 0 Å². The molecule has 0 atom stereocenters. The molecule has 3 rings (SSSR count). The summed E-state index contributed by atoms with van der Waals surface area (Å²) in [5.41, 5.74) is 7.22. The Kier molecular flexibility index (Phi) is 3.94. The molecule has 1 heterocycles. The van der Waals surface area contributed by atoms with Crippen LogP contribution < -0.4 is 5.73 Å². The van der Waals surface area contributed by atoms with Crippen LogP contribution in [0, 0.1) is 12.8 Å². The van der Waals surface area contributed by atoms with Crippen LogP contribution in [0.4, 0.5) is 5.69 Å². The zero-order chi connectivity index (χ0) is 15.0. The van der Waals surface area contributed by atoms with Gasteiger partial charge in [-0.25, -0.2) is 8.42 Å². The standard InChI is InChI=1S/C15H23N3O2S/c1-12-2-5-15(14(16)10-12)21(19,20)18-8-6-17(7-9-18)11-13-3-4-13/h2,5,10,13H,3-4,6-9,11,16H2,1H3. The van der Waals surface area contributed by atoms with E-state index in [1.807, 2.05) is 6.92 Å². The molecule has 0 spiro atoms. The van der Waals surface area contributed by atoms with Crippen molar-refractivity contribution in [1.29, 1.82) is 0 Å². The Labute approximate surface area is 126 Å². The second-order valence-electron chi connectivity index (χ2n) is 6.19. The van der Waals surface area contributed by atoms with Gasteiger partial charge in [-0.3, -0.25) is 0 Å². The van der Waals surface area contributed by atoms with Crippen LogP contribution in [0.25, 0.3) is 0 Å². The first-order valence-corrected chi connectivity index (χ1v) is 8.99. The maximum absolute atomic E-state index is 12.7. The lowest BCUT2D eigenvalue weighted by Gasteiger charge is -2.34. The van der Waals surface area contributed by atoms with Gasteiger partial charge in [-0.15, -0.1) is 0 Å². The summed E-state index contributed by atoms with van der Waals surface area (Å²) in [5.74, 6) is 0.848. The third-order valence-electron chi connectivity index (χ3n) is 4.33. The number of nitrogen functional groups attached to an aromatic ring is 1. The van der Waals surface area contributed by atoms with Crippen molar-refractivity contribution in [3.05, 3.63) is 23.8 Å². The topological polar surface area (TPSA) is 66.6 Å². The highest BCUT2D eigenvalue weighted by Gasteiger charge is 2.32. The molecule has 21 heavy (non-hydrogen) atoms. The van der Waals surface area contributed by atoms with Gasteiger partial charge in [0.25, 0.3) is 0 Å². The average Bonchev–Trinajstić information content (AvgIpc) is 3.23. The van der Waals surface area contributed by atoms with Gasteiger partial charge in [0.1, 0.15) is 4.90 Å². The van der Waals surface area contributed by atoms with Crippen molar-refractivity contribution in [2.75, 3.05) is 38.5 Å². The summed E-state index contributed by atoms with van der Waals surface area (Å²) in [6.07, 6.45) is 2.66. The van der Waals surface area contributed by atoms with Crippen LogP contribution in [-0.2, 0) is 10.0 Å². The summed E-state index contributed by atoms with van der Waals surface area (Å²) >= 11 is 0. The summed E-state index contributed by atoms with van der Waals surface area (Å²) in [5, 5.41) is 0. The molecular weight excluding hydrogens is 286 g/mol. The molecule has 0 unspecified atom stereocenters. The molecule has 5 nitrogen and oxygen atoms in total. The maximum Gasteiger partial charge on any atom is 0.245 e. The number of aryl methyl sites for hydroxylation is 1. The molecule has 1 aliphatic carbocycles. The lowest BCUT2D eigenvalue weighted by molar-refractivity contribution is 0.182. The first kappa shape index (κ1) is 14.8. The number of sulfonamides is 1. The van der Waals surface area contributed by atoms with E-state index < -0.39 is 10.0 Å². The van der Waals surface area contributed by atoms with Crippen LogP contribution in [-0.4, -0.2) is 50.3 Å². The highest BCUT2D eigenvalue weighted by atomic mass is 32.2. The average molecular weight is 309 g/mol. The van der Waals surface area contributed by atoms with E-state index >= 15 is 0 Å². The number of piperazine rings is 1. The Morgan fingerprint density at radius 2 is 1.86 bits per heavy atom. The molecule has 1 aromatic rings. The van der Waals surface area contributed by atoms with Gasteiger partial charge >= 0.3 is 0 Å². The van der Waals surface area contributed by atoms with Crippen LogP contribution in [0.5, 0.6) is 0 Å². The fourth-order valence-corrected chi connectivity index (χ4v) is 4.38. The molecule has 2 N–H and O–H groups in total. The third-order valence-corrected chi connectivity index (χ3v) is 6.30. The van der Waals surface area contributed by atoms with E-state index in [1.54, 1.807) is 22.5 Å². The molecule has 2 aliphatic rings. The first-order chi connectivity index (χ1) is 9.96. The monoisotopic (exact) mass is 309 g/mol. The molecule has 0 amide bonds. The molecule has 6 heteroatoms. The Bertz CT molecular complexity index is 618. The number of anilines is 1. The van der Waals surface area contributed by atoms with Crippen molar-refractivity contribution >= 4 is 15.7 Å². The Morgan fingerprint density at radius 1 is 1.19 bits per heavy atom. The molecule has 1 aliphatic heterocycles. The van der Waals surface area contributed by atoms with Gasteiger partial charge < -0.3 is 10.6 Å². The van der Waals surface area contributed by atoms with E-state index in [-0.39, 0.29) is 4.90 Å². The van der Waals surface area contributed by atoms with E-state index in [0.29, 0.717) is 18.8 Å². The SMILES string of the molecule is Cc1ccc(S(=O)(=O)N2CCN(CC3CC3)CC2)c(N)c1. The molecule has 1 saturated carbocycles. The maximum atomic E-state index is 12.7. The van der Waals surface area contributed by atoms with E-state index in [2.05, 4.69) is 4.90 Å². The second kappa shape index (κ2) is 5.59. The van der Waals surface area contributed by atoms with Crippen molar-refractivity contribution in [1.82, 2.24) is 9.21 Å². The zero-order valence-electron chi connectivity index (χ0n) is 12.5. The molecule has 1 saturated heterocycles. The van der Waals surface area contributed by atoms with Gasteiger partial charge in [-0.1, -0.05) is 6.07 Å². The van der Waals surface area contributed by atoms with Gasteiger partial charge in [0.15, 0.2) is 0 Å². The van der Waals surface area contributed by atoms with Crippen LogP contribution in [0.15, 0.2) is 23.1 Å². The summed E-state index contributed by atoms with van der Waals surface area (Å²) in [6.45, 7) is 5.79. The largest absolute Gasteiger partial charge is 0.398 e. The van der Waals surface area contributed by atoms with E-state index in [1.165, 1.54) is 12.8 Å². The van der Waals surface area contributed by atoms with E-state index in [9.17, 15) is 8.42 Å². The number of hydrogen-bond acceptors (Lipinski definition) is 4. The highest BCUT2D eigenvalue weighted by molar-refractivity contribution is 7.89. The summed E-state index contributed by atoms with van der Waals surface area (Å²) < 4.78 is 26.9. The predicted octanol–water partition coefficient (Wildman–Crippen LogP) is 1.29. The molecule has 0 bridgehead atoms. The molecular formula is C15H23N3O2S. The van der Waals surface area contributed by atoms with Crippen molar-refractivity contribution in [2.45, 2.75) is 24.7 Å². The predicted molar refractivity (Wildman–Crippen MR) is 83.5 cm³/mol. The highest BCUT2D eigenvalue weighted by Crippen LogP contribution is 2.30. The van der Waals surface area contributed by atoms with Gasteiger partial charge in [-0.05, 0) is 43.4 Å². The number of benzene rings is 1. The minimum atomic E-state index is -3.46. The first-order valence-electron chi connectivity index (χ1n) is 7.55. The van der Waals surface area contributed by atoms with Gasteiger partial charge in [0.05, 0.1) is 5.69 Å². The Balaban J connectivity index is 1.70. The quantitative estimate of drug-likeness (QED) is 0.851.